The van der Waals surface area contributed by atoms with Gasteiger partial charge in [0.2, 0.25) is 0 Å². The first kappa shape index (κ1) is 20.5. The van der Waals surface area contributed by atoms with E-state index in [1.807, 2.05) is 64.3 Å². The maximum Gasteiger partial charge on any atom is 0.259 e. The van der Waals surface area contributed by atoms with E-state index in [1.54, 1.807) is 6.33 Å². The summed E-state index contributed by atoms with van der Waals surface area (Å²) in [7, 11) is 0. The van der Waals surface area contributed by atoms with Gasteiger partial charge >= 0.3 is 0 Å². The first-order valence-electron chi connectivity index (χ1n) is 10.0. The summed E-state index contributed by atoms with van der Waals surface area (Å²) >= 11 is 0. The third-order valence-corrected chi connectivity index (χ3v) is 4.86. The molecule has 0 aliphatic heterocycles. The van der Waals surface area contributed by atoms with Crippen LogP contribution in [-0.4, -0.2) is 24.5 Å². The molecule has 0 fully saturated rings. The molecule has 1 aromatic carbocycles. The summed E-state index contributed by atoms with van der Waals surface area (Å²) in [5, 5.41) is 5.14. The van der Waals surface area contributed by atoms with E-state index in [0.717, 1.165) is 27.5 Å². The Balaban J connectivity index is 0.00000117. The smallest absolute Gasteiger partial charge is 0.259 e. The molecule has 3 aromatic heterocycles. The highest BCUT2D eigenvalue weighted by Crippen LogP contribution is 2.26. The molecule has 1 atom stereocenters. The molecule has 0 saturated heterocycles. The third-order valence-electron chi connectivity index (χ3n) is 4.86. The van der Waals surface area contributed by atoms with Gasteiger partial charge in [0.15, 0.2) is 11.5 Å². The molecule has 1 unspecified atom stereocenters. The molecule has 7 nitrogen and oxygen atoms in total. The summed E-state index contributed by atoms with van der Waals surface area (Å²) < 4.78 is 1.86. The number of imidazole rings is 1. The van der Waals surface area contributed by atoms with Crippen LogP contribution in [0.15, 0.2) is 41.7 Å². The van der Waals surface area contributed by atoms with Crippen molar-refractivity contribution in [1.82, 2.24) is 24.5 Å². The van der Waals surface area contributed by atoms with E-state index >= 15 is 0 Å². The van der Waals surface area contributed by atoms with Gasteiger partial charge in [-0.3, -0.25) is 4.79 Å². The van der Waals surface area contributed by atoms with Gasteiger partial charge in [-0.05, 0) is 44.7 Å². The van der Waals surface area contributed by atoms with E-state index in [9.17, 15) is 4.79 Å². The van der Waals surface area contributed by atoms with Crippen LogP contribution in [0.3, 0.4) is 0 Å². The van der Waals surface area contributed by atoms with Gasteiger partial charge in [0, 0.05) is 11.7 Å². The average molecular weight is 393 g/mol. The lowest BCUT2D eigenvalue weighted by molar-refractivity contribution is 0.541. The van der Waals surface area contributed by atoms with Gasteiger partial charge in [-0.1, -0.05) is 32.0 Å². The van der Waals surface area contributed by atoms with Crippen molar-refractivity contribution in [2.45, 2.75) is 53.6 Å². The van der Waals surface area contributed by atoms with Crippen LogP contribution < -0.4 is 10.9 Å². The van der Waals surface area contributed by atoms with Crippen molar-refractivity contribution < 1.29 is 0 Å². The number of anilines is 1. The lowest BCUT2D eigenvalue weighted by Gasteiger charge is -2.23. The number of fused-ring (bicyclic) bond motifs is 2. The maximum absolute atomic E-state index is 13.2. The standard InChI is InChI=1S/C20H22N6O.C2H6/c1-11(2)26-15(8-14-7-5-6-12(3)16(14)20(26)27)13(4)25-19-17-18(22-9-21-17)23-10-24-19;1-2/h5-11,13H,1-4H3,(H2,21,22,23,24,25);1-2H3. The fraction of sp³-hybridized carbons (Fsp3) is 0.364. The van der Waals surface area contributed by atoms with Gasteiger partial charge < -0.3 is 14.9 Å². The number of nitrogens with one attached hydrogen (secondary N) is 2. The fourth-order valence-corrected chi connectivity index (χ4v) is 3.59. The molecule has 0 spiro atoms. The first-order valence-corrected chi connectivity index (χ1v) is 10.0. The highest BCUT2D eigenvalue weighted by atomic mass is 16.1. The molecule has 0 radical (unpaired) electrons. The van der Waals surface area contributed by atoms with E-state index < -0.39 is 0 Å². The Morgan fingerprint density at radius 3 is 2.59 bits per heavy atom. The third kappa shape index (κ3) is 3.72. The van der Waals surface area contributed by atoms with Crippen LogP contribution in [0.4, 0.5) is 5.82 Å². The van der Waals surface area contributed by atoms with E-state index in [1.165, 1.54) is 6.33 Å². The molecule has 152 valence electrons. The predicted octanol–water partition coefficient (Wildman–Crippen LogP) is 4.76. The van der Waals surface area contributed by atoms with Gasteiger partial charge in [-0.15, -0.1) is 0 Å². The molecule has 4 rings (SSSR count). The SMILES string of the molecule is CC.Cc1cccc2cc(C(C)Nc3ncnc4nc[nH]c34)n(C(C)C)c(=O)c12. The number of aromatic nitrogens is 5. The molecule has 0 aliphatic rings. The molecular formula is C22H28N6O. The quantitative estimate of drug-likeness (QED) is 0.523. The van der Waals surface area contributed by atoms with Gasteiger partial charge in [0.25, 0.3) is 5.56 Å². The monoisotopic (exact) mass is 392 g/mol. The molecule has 7 heteroatoms. The van der Waals surface area contributed by atoms with Crippen LogP contribution in [0.2, 0.25) is 0 Å². The molecule has 29 heavy (non-hydrogen) atoms. The Morgan fingerprint density at radius 2 is 1.86 bits per heavy atom. The van der Waals surface area contributed by atoms with Crippen molar-refractivity contribution in [2.24, 2.45) is 0 Å². The number of benzene rings is 1. The predicted molar refractivity (Wildman–Crippen MR) is 118 cm³/mol. The fourth-order valence-electron chi connectivity index (χ4n) is 3.59. The van der Waals surface area contributed by atoms with Crippen LogP contribution >= 0.6 is 0 Å². The number of rotatable bonds is 4. The molecule has 0 aliphatic carbocycles. The lowest BCUT2D eigenvalue weighted by atomic mass is 10.0. The Labute approximate surface area is 170 Å². The number of nitrogens with zero attached hydrogens (tertiary/aromatic N) is 4. The summed E-state index contributed by atoms with van der Waals surface area (Å²) in [5.41, 5.74) is 3.31. The number of aromatic amines is 1. The summed E-state index contributed by atoms with van der Waals surface area (Å²) in [6.07, 6.45) is 3.08. The van der Waals surface area contributed by atoms with Crippen LogP contribution in [0.25, 0.3) is 21.9 Å². The molecule has 0 amide bonds. The zero-order valence-corrected chi connectivity index (χ0v) is 17.8. The maximum atomic E-state index is 13.2. The minimum absolute atomic E-state index is 0.0401. The highest BCUT2D eigenvalue weighted by Gasteiger charge is 2.19. The van der Waals surface area contributed by atoms with Gasteiger partial charge in [0.05, 0.1) is 17.8 Å². The van der Waals surface area contributed by atoms with Crippen molar-refractivity contribution in [3.8, 4) is 0 Å². The highest BCUT2D eigenvalue weighted by molar-refractivity contribution is 5.85. The van der Waals surface area contributed by atoms with Crippen molar-refractivity contribution in [3.63, 3.8) is 0 Å². The van der Waals surface area contributed by atoms with E-state index in [4.69, 9.17) is 0 Å². The van der Waals surface area contributed by atoms with Crippen molar-refractivity contribution in [1.29, 1.82) is 0 Å². The molecule has 0 bridgehead atoms. The molecule has 2 N–H and O–H groups in total. The summed E-state index contributed by atoms with van der Waals surface area (Å²) in [6.45, 7) is 12.1. The van der Waals surface area contributed by atoms with E-state index in [0.29, 0.717) is 11.5 Å². The van der Waals surface area contributed by atoms with Crippen molar-refractivity contribution >= 4 is 27.8 Å². The second-order valence-electron chi connectivity index (χ2n) is 7.07. The van der Waals surface area contributed by atoms with Crippen LogP contribution in [0.5, 0.6) is 0 Å². The second kappa shape index (κ2) is 8.43. The topological polar surface area (TPSA) is 88.5 Å². The zero-order chi connectivity index (χ0) is 21.1. The molecule has 4 aromatic rings. The van der Waals surface area contributed by atoms with Crippen LogP contribution in [0.1, 0.15) is 58.0 Å². The van der Waals surface area contributed by atoms with E-state index in [-0.39, 0.29) is 17.6 Å². The number of pyridine rings is 1. The Kier molecular flexibility index (Phi) is 5.96. The molecular weight excluding hydrogens is 364 g/mol. The van der Waals surface area contributed by atoms with Crippen LogP contribution in [0, 0.1) is 6.92 Å². The van der Waals surface area contributed by atoms with Gasteiger partial charge in [-0.25, -0.2) is 15.0 Å². The minimum atomic E-state index is -0.133. The summed E-state index contributed by atoms with van der Waals surface area (Å²) in [4.78, 5) is 28.9. The Morgan fingerprint density at radius 1 is 1.10 bits per heavy atom. The van der Waals surface area contributed by atoms with Crippen molar-refractivity contribution in [2.75, 3.05) is 5.32 Å². The number of hydrogen-bond acceptors (Lipinski definition) is 5. The van der Waals surface area contributed by atoms with Gasteiger partial charge in [-0.2, -0.15) is 0 Å². The number of hydrogen-bond donors (Lipinski definition) is 2. The Bertz CT molecular complexity index is 1190. The van der Waals surface area contributed by atoms with Gasteiger partial charge in [0.1, 0.15) is 11.8 Å². The Hall–Kier alpha value is -3.22. The lowest BCUT2D eigenvalue weighted by Crippen LogP contribution is -2.28. The average Bonchev–Trinajstić information content (AvgIpc) is 3.19. The molecule has 3 heterocycles. The normalized spacial score (nSPS) is 12.1. The number of H-pyrrole nitrogens is 1. The molecule has 0 saturated carbocycles. The zero-order valence-electron chi connectivity index (χ0n) is 17.8. The summed E-state index contributed by atoms with van der Waals surface area (Å²) in [5.74, 6) is 0.664. The second-order valence-corrected chi connectivity index (χ2v) is 7.07. The first-order chi connectivity index (χ1) is 14.0. The minimum Gasteiger partial charge on any atom is -0.360 e. The number of aryl methyl sites for hydroxylation is 1. The largest absolute Gasteiger partial charge is 0.360 e. The van der Waals surface area contributed by atoms with E-state index in [2.05, 4.69) is 31.3 Å². The van der Waals surface area contributed by atoms with Crippen LogP contribution in [-0.2, 0) is 0 Å². The van der Waals surface area contributed by atoms with Crippen molar-refractivity contribution in [3.05, 3.63) is 58.5 Å². The summed E-state index contributed by atoms with van der Waals surface area (Å²) in [6, 6.07) is 7.95.